The van der Waals surface area contributed by atoms with E-state index in [1.54, 1.807) is 58.3 Å². The summed E-state index contributed by atoms with van der Waals surface area (Å²) in [7, 11) is 1.49. The first-order chi connectivity index (χ1) is 20.4. The Morgan fingerprint density at radius 3 is 2.47 bits per heavy atom. The van der Waals surface area contributed by atoms with E-state index in [1.165, 1.54) is 11.9 Å². The van der Waals surface area contributed by atoms with Crippen molar-refractivity contribution in [2.24, 2.45) is 0 Å². The Bertz CT molecular complexity index is 1730. The van der Waals surface area contributed by atoms with Crippen molar-refractivity contribution in [2.75, 3.05) is 17.7 Å². The monoisotopic (exact) mass is 582 g/mol. The van der Waals surface area contributed by atoms with Crippen LogP contribution in [0.3, 0.4) is 0 Å². The molecule has 0 bridgehead atoms. The molecule has 0 fully saturated rings. The molecule has 1 aliphatic rings. The lowest BCUT2D eigenvalue weighted by molar-refractivity contribution is -0.120. The summed E-state index contributed by atoms with van der Waals surface area (Å²) in [5.41, 5.74) is 4.74. The van der Waals surface area contributed by atoms with Gasteiger partial charge in [0.2, 0.25) is 5.91 Å². The van der Waals surface area contributed by atoms with Crippen molar-refractivity contribution < 1.29 is 23.9 Å². The maximum absolute atomic E-state index is 13.3. The molecule has 1 aromatic carbocycles. The lowest BCUT2D eigenvalue weighted by atomic mass is 9.96. The van der Waals surface area contributed by atoms with Crippen molar-refractivity contribution in [2.45, 2.75) is 59.5 Å². The summed E-state index contributed by atoms with van der Waals surface area (Å²) in [5, 5.41) is 6.54. The van der Waals surface area contributed by atoms with Crippen LogP contribution in [0.4, 0.5) is 16.4 Å². The summed E-state index contributed by atoms with van der Waals surface area (Å²) in [5.74, 6) is -0.527. The van der Waals surface area contributed by atoms with Crippen LogP contribution in [0.15, 0.2) is 54.9 Å². The molecule has 3 amide bonds. The van der Waals surface area contributed by atoms with E-state index < -0.39 is 29.6 Å². The normalized spacial score (nSPS) is 13.3. The van der Waals surface area contributed by atoms with Crippen molar-refractivity contribution in [1.82, 2.24) is 19.9 Å². The van der Waals surface area contributed by atoms with Crippen molar-refractivity contribution >= 4 is 40.4 Å². The molecule has 0 saturated carbocycles. The molecule has 5 rings (SSSR count). The molecule has 1 atom stereocenters. The Kier molecular flexibility index (Phi) is 8.10. The number of nitrogens with one attached hydrogen (secondary N) is 2. The minimum absolute atomic E-state index is 0.192. The zero-order valence-electron chi connectivity index (χ0n) is 25.0. The number of hydrogen-bond acceptors (Lipinski definition) is 8. The lowest BCUT2D eigenvalue weighted by Gasteiger charge is -2.28. The molecular weight excluding hydrogens is 548 g/mol. The first-order valence-corrected chi connectivity index (χ1v) is 13.9. The first-order valence-electron chi connectivity index (χ1n) is 13.9. The van der Waals surface area contributed by atoms with Crippen LogP contribution < -0.4 is 10.6 Å². The van der Waals surface area contributed by atoms with E-state index in [4.69, 9.17) is 9.47 Å². The Balaban J connectivity index is 1.49. The number of benzene rings is 1. The lowest BCUT2D eigenvalue weighted by Crippen LogP contribution is -2.45. The van der Waals surface area contributed by atoms with Gasteiger partial charge in [-0.1, -0.05) is 12.1 Å². The smallest absolute Gasteiger partial charge is 0.410 e. The van der Waals surface area contributed by atoms with Crippen molar-refractivity contribution in [3.05, 3.63) is 77.2 Å². The van der Waals surface area contributed by atoms with Gasteiger partial charge in [0.25, 0.3) is 5.91 Å². The molecule has 43 heavy (non-hydrogen) atoms. The van der Waals surface area contributed by atoms with Crippen LogP contribution in [-0.4, -0.2) is 56.5 Å². The topological polar surface area (TPSA) is 136 Å². The number of likely N-dealkylation sites (N-methyl/N-ethyl adjacent to an activating group) is 1. The van der Waals surface area contributed by atoms with Crippen LogP contribution in [0.2, 0.25) is 0 Å². The predicted molar refractivity (Wildman–Crippen MR) is 162 cm³/mol. The molecular formula is C32H34N6O5. The van der Waals surface area contributed by atoms with Gasteiger partial charge in [-0.2, -0.15) is 0 Å². The summed E-state index contributed by atoms with van der Waals surface area (Å²) < 4.78 is 10.9. The van der Waals surface area contributed by atoms with E-state index in [0.29, 0.717) is 18.8 Å². The number of pyridine rings is 3. The molecule has 222 valence electrons. The molecule has 0 radical (unpaired) electrons. The van der Waals surface area contributed by atoms with E-state index in [2.05, 4.69) is 25.6 Å². The van der Waals surface area contributed by atoms with Gasteiger partial charge in [-0.25, -0.2) is 9.78 Å². The van der Waals surface area contributed by atoms with Gasteiger partial charge >= 0.3 is 6.09 Å². The van der Waals surface area contributed by atoms with E-state index in [1.807, 2.05) is 31.2 Å². The zero-order valence-corrected chi connectivity index (χ0v) is 25.0. The quantitative estimate of drug-likeness (QED) is 0.305. The summed E-state index contributed by atoms with van der Waals surface area (Å²) >= 11 is 0. The third-order valence-corrected chi connectivity index (χ3v) is 7.07. The van der Waals surface area contributed by atoms with Gasteiger partial charge in [0, 0.05) is 30.4 Å². The summed E-state index contributed by atoms with van der Waals surface area (Å²) in [4.78, 5) is 53.6. The highest BCUT2D eigenvalue weighted by Gasteiger charge is 2.27. The number of rotatable bonds is 6. The Morgan fingerprint density at radius 2 is 1.72 bits per heavy atom. The number of carbonyl (C=O) groups is 3. The van der Waals surface area contributed by atoms with Crippen LogP contribution in [0, 0.1) is 6.92 Å². The number of carbonyl (C=O) groups excluding carboxylic acids is 3. The average Bonchev–Trinajstić information content (AvgIpc) is 3.43. The minimum Gasteiger partial charge on any atom is -0.444 e. The fourth-order valence-corrected chi connectivity index (χ4v) is 4.71. The number of hydrogen-bond donors (Lipinski definition) is 2. The van der Waals surface area contributed by atoms with Gasteiger partial charge in [-0.15, -0.1) is 0 Å². The molecule has 2 N–H and O–H groups in total. The molecule has 4 heterocycles. The Labute approximate surface area is 249 Å². The number of nitrogens with zero attached hydrogens (tertiary/aromatic N) is 4. The van der Waals surface area contributed by atoms with E-state index in [9.17, 15) is 14.4 Å². The second-order valence-electron chi connectivity index (χ2n) is 11.5. The molecule has 1 unspecified atom stereocenters. The van der Waals surface area contributed by atoms with Crippen LogP contribution in [0.25, 0.3) is 22.0 Å². The largest absolute Gasteiger partial charge is 0.444 e. The number of amides is 3. The predicted octanol–water partition coefficient (Wildman–Crippen LogP) is 5.48. The second-order valence-corrected chi connectivity index (χ2v) is 11.5. The number of anilines is 2. The molecule has 11 nitrogen and oxygen atoms in total. The first kappa shape index (κ1) is 29.6. The van der Waals surface area contributed by atoms with Crippen LogP contribution in [-0.2, 0) is 27.5 Å². The van der Waals surface area contributed by atoms with Gasteiger partial charge in [-0.3, -0.25) is 24.5 Å². The van der Waals surface area contributed by atoms with Gasteiger partial charge in [0.05, 0.1) is 18.7 Å². The number of aryl methyl sites for hydroxylation is 1. The highest BCUT2D eigenvalue weighted by Crippen LogP contribution is 2.34. The summed E-state index contributed by atoms with van der Waals surface area (Å²) in [6, 6.07) is 12.0. The summed E-state index contributed by atoms with van der Waals surface area (Å²) in [6.07, 6.45) is 2.74. The van der Waals surface area contributed by atoms with E-state index in [0.717, 1.165) is 33.2 Å². The van der Waals surface area contributed by atoms with E-state index >= 15 is 0 Å². The fourth-order valence-electron chi connectivity index (χ4n) is 4.71. The molecule has 0 aliphatic carbocycles. The minimum atomic E-state index is -0.875. The third kappa shape index (κ3) is 6.62. The number of aromatic nitrogens is 3. The van der Waals surface area contributed by atoms with Crippen molar-refractivity contribution in [3.63, 3.8) is 0 Å². The van der Waals surface area contributed by atoms with Crippen molar-refractivity contribution in [1.29, 1.82) is 0 Å². The van der Waals surface area contributed by atoms with E-state index in [-0.39, 0.29) is 17.3 Å². The number of ether oxygens (including phenoxy) is 2. The summed E-state index contributed by atoms with van der Waals surface area (Å²) in [6.45, 7) is 9.73. The standard InChI is InChI=1S/C32H34N6O5/c1-18-9-10-24-23(8-7-11-33-24)28(18)20-13-26(36-29(39)19(2)38(6)31(41)43-32(3,4)5)35-27(14-20)37-30(40)25-12-21-16-42-17-22(21)15-34-25/h7-15,19H,16-17H2,1-6H3,(H2,35,36,37,39,40). The molecule has 11 heteroatoms. The van der Waals surface area contributed by atoms with Gasteiger partial charge in [0.1, 0.15) is 29.0 Å². The second kappa shape index (κ2) is 11.8. The highest BCUT2D eigenvalue weighted by molar-refractivity contribution is 6.04. The molecule has 4 aromatic rings. The van der Waals surface area contributed by atoms with Crippen molar-refractivity contribution in [3.8, 4) is 11.1 Å². The highest BCUT2D eigenvalue weighted by atomic mass is 16.6. The molecule has 0 spiro atoms. The maximum Gasteiger partial charge on any atom is 0.410 e. The fraction of sp³-hybridized carbons (Fsp3) is 0.312. The molecule has 0 saturated heterocycles. The number of fused-ring (bicyclic) bond motifs is 2. The zero-order chi connectivity index (χ0) is 30.9. The maximum atomic E-state index is 13.3. The van der Waals surface area contributed by atoms with Gasteiger partial charge < -0.3 is 20.1 Å². The third-order valence-electron chi connectivity index (χ3n) is 7.07. The Hall–Kier alpha value is -4.90. The Morgan fingerprint density at radius 1 is 1.00 bits per heavy atom. The molecule has 3 aromatic heterocycles. The average molecular weight is 583 g/mol. The van der Waals surface area contributed by atoms with Crippen LogP contribution >= 0.6 is 0 Å². The van der Waals surface area contributed by atoms with Gasteiger partial charge in [0.15, 0.2) is 0 Å². The van der Waals surface area contributed by atoms with Crippen LogP contribution in [0.5, 0.6) is 0 Å². The SMILES string of the molecule is Cc1ccc2ncccc2c1-c1cc(NC(=O)c2cc3c(cn2)COC3)nc(NC(=O)C(C)N(C)C(=O)OC(C)(C)C)c1. The van der Waals surface area contributed by atoms with Crippen LogP contribution in [0.1, 0.15) is 54.9 Å². The molecule has 1 aliphatic heterocycles. The van der Waals surface area contributed by atoms with Gasteiger partial charge in [-0.05, 0) is 87.2 Å².